The smallest absolute Gasteiger partial charge is 0.228 e. The number of hydrogen-bond donors (Lipinski definition) is 0. The van der Waals surface area contributed by atoms with Gasteiger partial charge in [0.15, 0.2) is 0 Å². The highest BCUT2D eigenvalue weighted by Crippen LogP contribution is 2.27. The summed E-state index contributed by atoms with van der Waals surface area (Å²) >= 11 is 1.56. The van der Waals surface area contributed by atoms with Crippen LogP contribution < -0.4 is 0 Å². The van der Waals surface area contributed by atoms with Crippen LogP contribution in [0.4, 0.5) is 0 Å². The molecule has 0 radical (unpaired) electrons. The van der Waals surface area contributed by atoms with Crippen LogP contribution in [0.25, 0.3) is 10.7 Å². The molecular formula is C20H27N3OS. The second-order valence-electron chi connectivity index (χ2n) is 7.41. The average molecular weight is 358 g/mol. The van der Waals surface area contributed by atoms with E-state index in [0.29, 0.717) is 24.3 Å². The lowest BCUT2D eigenvalue weighted by Crippen LogP contribution is -2.43. The first kappa shape index (κ1) is 18.1. The third-order valence-corrected chi connectivity index (χ3v) is 5.99. The van der Waals surface area contributed by atoms with Crippen LogP contribution in [-0.2, 0) is 11.2 Å². The van der Waals surface area contributed by atoms with Crippen molar-refractivity contribution in [2.24, 2.45) is 11.8 Å². The lowest BCUT2D eigenvalue weighted by molar-refractivity contribution is -0.133. The maximum Gasteiger partial charge on any atom is 0.228 e. The molecule has 1 aliphatic rings. The zero-order chi connectivity index (χ0) is 17.8. The van der Waals surface area contributed by atoms with Crippen molar-refractivity contribution >= 4 is 17.2 Å². The second kappa shape index (κ2) is 8.09. The van der Waals surface area contributed by atoms with Crippen molar-refractivity contribution in [3.8, 4) is 10.7 Å². The summed E-state index contributed by atoms with van der Waals surface area (Å²) < 4.78 is 0. The number of carbonyl (C=O) groups excluding carboxylic acids is 1. The van der Waals surface area contributed by atoms with Gasteiger partial charge in [0.05, 0.1) is 17.8 Å². The minimum absolute atomic E-state index is 0.214. The fraction of sp³-hybridized carbons (Fsp3) is 0.550. The van der Waals surface area contributed by atoms with Crippen LogP contribution in [0.5, 0.6) is 0 Å². The molecule has 1 amide bonds. The standard InChI is InChI=1S/C20H27N3OS/c1-14(2)18-8-7-15(3)9-11-23(18)19(24)12-16-13-25-20(22-16)17-6-4-5-10-21-17/h4-6,10,13-15,18H,7-9,11-12H2,1-3H3. The van der Waals surface area contributed by atoms with Gasteiger partial charge in [0.25, 0.3) is 0 Å². The predicted octanol–water partition coefficient (Wildman–Crippen LogP) is 4.42. The largest absolute Gasteiger partial charge is 0.339 e. The van der Waals surface area contributed by atoms with Gasteiger partial charge in [-0.25, -0.2) is 4.98 Å². The second-order valence-corrected chi connectivity index (χ2v) is 8.26. The van der Waals surface area contributed by atoms with Crippen LogP contribution in [-0.4, -0.2) is 33.4 Å². The van der Waals surface area contributed by atoms with Gasteiger partial charge in [0.2, 0.25) is 5.91 Å². The monoisotopic (exact) mass is 357 g/mol. The Bertz CT molecular complexity index is 698. The van der Waals surface area contributed by atoms with Crippen LogP contribution in [0.1, 0.15) is 45.7 Å². The fourth-order valence-electron chi connectivity index (χ4n) is 3.54. The highest BCUT2D eigenvalue weighted by atomic mass is 32.1. The molecule has 0 N–H and O–H groups in total. The predicted molar refractivity (Wildman–Crippen MR) is 102 cm³/mol. The Morgan fingerprint density at radius 2 is 2.16 bits per heavy atom. The molecule has 1 fully saturated rings. The van der Waals surface area contributed by atoms with E-state index >= 15 is 0 Å². The summed E-state index contributed by atoms with van der Waals surface area (Å²) in [6, 6.07) is 6.16. The Hall–Kier alpha value is -1.75. The Morgan fingerprint density at radius 1 is 1.32 bits per heavy atom. The van der Waals surface area contributed by atoms with E-state index in [0.717, 1.165) is 35.8 Å². The van der Waals surface area contributed by atoms with Crippen LogP contribution in [0.15, 0.2) is 29.8 Å². The molecule has 0 bridgehead atoms. The van der Waals surface area contributed by atoms with Crippen LogP contribution >= 0.6 is 11.3 Å². The number of likely N-dealkylation sites (tertiary alicyclic amines) is 1. The number of thiazole rings is 1. The minimum atomic E-state index is 0.214. The summed E-state index contributed by atoms with van der Waals surface area (Å²) in [5.41, 5.74) is 1.73. The molecule has 3 heterocycles. The van der Waals surface area contributed by atoms with Gasteiger partial charge in [-0.05, 0) is 43.2 Å². The summed E-state index contributed by atoms with van der Waals surface area (Å²) in [6.07, 6.45) is 5.59. The summed E-state index contributed by atoms with van der Waals surface area (Å²) in [4.78, 5) is 24.1. The maximum atomic E-state index is 13.0. The first-order valence-electron chi connectivity index (χ1n) is 9.20. The van der Waals surface area contributed by atoms with E-state index in [1.165, 1.54) is 6.42 Å². The first-order valence-corrected chi connectivity index (χ1v) is 10.1. The SMILES string of the molecule is CC1CCC(C(C)C)N(C(=O)Cc2csc(-c3ccccn3)n2)CC1. The Balaban J connectivity index is 1.71. The van der Waals surface area contributed by atoms with Crippen LogP contribution in [0, 0.1) is 11.8 Å². The number of aromatic nitrogens is 2. The molecule has 2 aromatic heterocycles. The number of amides is 1. The van der Waals surface area contributed by atoms with E-state index in [1.54, 1.807) is 17.5 Å². The topological polar surface area (TPSA) is 46.1 Å². The molecule has 1 saturated heterocycles. The van der Waals surface area contributed by atoms with E-state index in [2.05, 4.69) is 35.6 Å². The third-order valence-electron chi connectivity index (χ3n) is 5.08. The van der Waals surface area contributed by atoms with Crippen molar-refractivity contribution in [1.82, 2.24) is 14.9 Å². The number of nitrogens with zero attached hydrogens (tertiary/aromatic N) is 3. The maximum absolute atomic E-state index is 13.0. The zero-order valence-corrected chi connectivity index (χ0v) is 16.1. The van der Waals surface area contributed by atoms with Gasteiger partial charge in [0, 0.05) is 24.2 Å². The minimum Gasteiger partial charge on any atom is -0.339 e. The van der Waals surface area contributed by atoms with Gasteiger partial charge in [-0.3, -0.25) is 9.78 Å². The first-order chi connectivity index (χ1) is 12.0. The molecule has 0 aromatic carbocycles. The molecule has 2 unspecified atom stereocenters. The summed E-state index contributed by atoms with van der Waals surface area (Å²) in [7, 11) is 0. The highest BCUT2D eigenvalue weighted by Gasteiger charge is 2.29. The quantitative estimate of drug-likeness (QED) is 0.814. The summed E-state index contributed by atoms with van der Waals surface area (Å²) in [5.74, 6) is 1.41. The molecule has 0 spiro atoms. The molecule has 25 heavy (non-hydrogen) atoms. The number of hydrogen-bond acceptors (Lipinski definition) is 4. The number of rotatable bonds is 4. The van der Waals surface area contributed by atoms with Crippen molar-refractivity contribution in [1.29, 1.82) is 0 Å². The fourth-order valence-corrected chi connectivity index (χ4v) is 4.33. The molecule has 0 saturated carbocycles. The van der Waals surface area contributed by atoms with E-state index in [4.69, 9.17) is 0 Å². The highest BCUT2D eigenvalue weighted by molar-refractivity contribution is 7.13. The van der Waals surface area contributed by atoms with Crippen molar-refractivity contribution in [2.75, 3.05) is 6.54 Å². The van der Waals surface area contributed by atoms with Gasteiger partial charge < -0.3 is 4.90 Å². The lowest BCUT2D eigenvalue weighted by Gasteiger charge is -2.33. The Kier molecular flexibility index (Phi) is 5.84. The van der Waals surface area contributed by atoms with E-state index in [9.17, 15) is 4.79 Å². The molecule has 3 rings (SSSR count). The average Bonchev–Trinajstić information content (AvgIpc) is 2.97. The molecule has 134 valence electrons. The van der Waals surface area contributed by atoms with E-state index in [1.807, 2.05) is 23.6 Å². The molecule has 0 aliphatic carbocycles. The van der Waals surface area contributed by atoms with Gasteiger partial charge >= 0.3 is 0 Å². The molecular weight excluding hydrogens is 330 g/mol. The zero-order valence-electron chi connectivity index (χ0n) is 15.3. The van der Waals surface area contributed by atoms with Gasteiger partial charge in [0.1, 0.15) is 5.01 Å². The molecule has 4 nitrogen and oxygen atoms in total. The Labute approximate surface area is 154 Å². The lowest BCUT2D eigenvalue weighted by atomic mass is 9.95. The summed E-state index contributed by atoms with van der Waals surface area (Å²) in [5, 5.41) is 2.88. The van der Waals surface area contributed by atoms with Gasteiger partial charge in [-0.1, -0.05) is 26.8 Å². The van der Waals surface area contributed by atoms with Crippen LogP contribution in [0.2, 0.25) is 0 Å². The Morgan fingerprint density at radius 3 is 2.88 bits per heavy atom. The molecule has 2 atom stereocenters. The third kappa shape index (κ3) is 4.46. The normalized spacial score (nSPS) is 21.4. The van der Waals surface area contributed by atoms with Crippen molar-refractivity contribution in [3.63, 3.8) is 0 Å². The molecule has 5 heteroatoms. The van der Waals surface area contributed by atoms with Gasteiger partial charge in [-0.2, -0.15) is 0 Å². The van der Waals surface area contributed by atoms with Crippen LogP contribution in [0.3, 0.4) is 0 Å². The number of carbonyl (C=O) groups is 1. The molecule has 2 aromatic rings. The molecule has 1 aliphatic heterocycles. The summed E-state index contributed by atoms with van der Waals surface area (Å²) in [6.45, 7) is 7.62. The van der Waals surface area contributed by atoms with Crippen molar-refractivity contribution < 1.29 is 4.79 Å². The van der Waals surface area contributed by atoms with E-state index < -0.39 is 0 Å². The number of pyridine rings is 1. The van der Waals surface area contributed by atoms with Crippen molar-refractivity contribution in [3.05, 3.63) is 35.5 Å². The van der Waals surface area contributed by atoms with E-state index in [-0.39, 0.29) is 5.91 Å². The van der Waals surface area contributed by atoms with Crippen molar-refractivity contribution in [2.45, 2.75) is 52.5 Å². The van der Waals surface area contributed by atoms with Gasteiger partial charge in [-0.15, -0.1) is 11.3 Å².